The largest absolute Gasteiger partial charge is 0.355 e. The second kappa shape index (κ2) is 9.96. The van der Waals surface area contributed by atoms with Crippen LogP contribution in [0.4, 0.5) is 0 Å². The van der Waals surface area contributed by atoms with Crippen LogP contribution in [0.5, 0.6) is 0 Å². The molecule has 23 heavy (non-hydrogen) atoms. The van der Waals surface area contributed by atoms with Gasteiger partial charge in [0.1, 0.15) is 6.54 Å². The Bertz CT molecular complexity index is 405. The molecular weight excluding hydrogens is 423 g/mol. The Morgan fingerprint density at radius 1 is 1.30 bits per heavy atom. The average molecular weight is 454 g/mol. The van der Waals surface area contributed by atoms with Crippen LogP contribution in [0.3, 0.4) is 0 Å². The lowest BCUT2D eigenvalue weighted by Gasteiger charge is -2.25. The Balaban J connectivity index is 0.00000264. The third-order valence-corrected chi connectivity index (χ3v) is 6.04. The number of carbonyl (C=O) groups is 1. The lowest BCUT2D eigenvalue weighted by molar-refractivity contribution is -0.127. The highest BCUT2D eigenvalue weighted by Crippen LogP contribution is 2.36. The van der Waals surface area contributed by atoms with E-state index in [-0.39, 0.29) is 36.4 Å². The Kier molecular flexibility index (Phi) is 9.03. The van der Waals surface area contributed by atoms with E-state index in [1.54, 1.807) is 19.0 Å². The van der Waals surface area contributed by atoms with Crippen molar-refractivity contribution in [2.45, 2.75) is 56.2 Å². The zero-order chi connectivity index (χ0) is 16.0. The van der Waals surface area contributed by atoms with Crippen LogP contribution >= 0.6 is 35.7 Å². The van der Waals surface area contributed by atoms with Crippen molar-refractivity contribution in [2.24, 2.45) is 4.99 Å². The number of hydrogen-bond acceptors (Lipinski definition) is 3. The van der Waals surface area contributed by atoms with Gasteiger partial charge in [0.15, 0.2) is 5.96 Å². The van der Waals surface area contributed by atoms with Gasteiger partial charge in [-0.25, -0.2) is 4.99 Å². The number of rotatable bonds is 5. The summed E-state index contributed by atoms with van der Waals surface area (Å²) in [6, 6.07) is 0.504. The number of amides is 1. The second-order valence-electron chi connectivity index (χ2n) is 6.83. The number of aliphatic imine (C=N–C) groups is 1. The van der Waals surface area contributed by atoms with Crippen molar-refractivity contribution in [3.8, 4) is 0 Å². The first-order valence-corrected chi connectivity index (χ1v) is 9.36. The summed E-state index contributed by atoms with van der Waals surface area (Å²) >= 11 is 2.04. The zero-order valence-electron chi connectivity index (χ0n) is 14.6. The Labute approximate surface area is 161 Å². The maximum absolute atomic E-state index is 11.8. The van der Waals surface area contributed by atoms with E-state index in [0.29, 0.717) is 10.8 Å². The molecule has 2 N–H and O–H groups in total. The van der Waals surface area contributed by atoms with Gasteiger partial charge in [-0.05, 0) is 38.4 Å². The topological polar surface area (TPSA) is 56.7 Å². The monoisotopic (exact) mass is 454 g/mol. The first-order valence-electron chi connectivity index (χ1n) is 8.37. The summed E-state index contributed by atoms with van der Waals surface area (Å²) in [6.07, 6.45) is 7.52. The molecule has 1 atom stereocenters. The van der Waals surface area contributed by atoms with Crippen LogP contribution in [-0.4, -0.2) is 60.5 Å². The molecule has 1 saturated carbocycles. The molecule has 0 spiro atoms. The number of thioether (sulfide) groups is 1. The van der Waals surface area contributed by atoms with Crippen LogP contribution in [0.25, 0.3) is 0 Å². The van der Waals surface area contributed by atoms with Crippen molar-refractivity contribution in [3.63, 3.8) is 0 Å². The minimum absolute atomic E-state index is 0. The van der Waals surface area contributed by atoms with Crippen LogP contribution < -0.4 is 10.6 Å². The molecule has 0 aromatic rings. The van der Waals surface area contributed by atoms with Gasteiger partial charge in [-0.1, -0.05) is 12.8 Å². The summed E-state index contributed by atoms with van der Waals surface area (Å²) in [5.74, 6) is 2.09. The number of carbonyl (C=O) groups excluding carboxylic acids is 1. The summed E-state index contributed by atoms with van der Waals surface area (Å²) in [7, 11) is 3.54. The molecule has 0 aromatic heterocycles. The highest BCUT2D eigenvalue weighted by Gasteiger charge is 2.29. The molecule has 2 aliphatic rings. The fourth-order valence-corrected chi connectivity index (χ4v) is 4.20. The molecule has 2 fully saturated rings. The fraction of sp³-hybridized carbons (Fsp3) is 0.875. The number of hydrogen-bond donors (Lipinski definition) is 2. The Morgan fingerprint density at radius 2 is 2.00 bits per heavy atom. The van der Waals surface area contributed by atoms with Gasteiger partial charge >= 0.3 is 0 Å². The lowest BCUT2D eigenvalue weighted by atomic mass is 10.1. The zero-order valence-corrected chi connectivity index (χ0v) is 17.7. The first kappa shape index (κ1) is 20.9. The third kappa shape index (κ3) is 7.07. The summed E-state index contributed by atoms with van der Waals surface area (Å²) < 4.78 is 0.295. The molecule has 1 unspecified atom stereocenters. The maximum Gasteiger partial charge on any atom is 0.243 e. The van der Waals surface area contributed by atoms with Crippen LogP contribution in [0.2, 0.25) is 0 Å². The predicted molar refractivity (Wildman–Crippen MR) is 110 cm³/mol. The predicted octanol–water partition coefficient (Wildman–Crippen LogP) is 2.46. The number of likely N-dealkylation sites (N-methyl/N-ethyl adjacent to an activating group) is 1. The fourth-order valence-electron chi connectivity index (χ4n) is 2.95. The van der Waals surface area contributed by atoms with E-state index in [1.807, 2.05) is 11.8 Å². The van der Waals surface area contributed by atoms with Crippen LogP contribution in [0, 0.1) is 0 Å². The van der Waals surface area contributed by atoms with E-state index >= 15 is 0 Å². The van der Waals surface area contributed by atoms with Crippen molar-refractivity contribution in [1.29, 1.82) is 0 Å². The maximum atomic E-state index is 11.8. The molecule has 0 radical (unpaired) electrons. The van der Waals surface area contributed by atoms with E-state index in [1.165, 1.54) is 44.3 Å². The minimum atomic E-state index is 0. The number of guanidine groups is 1. The van der Waals surface area contributed by atoms with Gasteiger partial charge < -0.3 is 15.5 Å². The Morgan fingerprint density at radius 3 is 2.57 bits per heavy atom. The third-order valence-electron chi connectivity index (χ3n) is 4.50. The van der Waals surface area contributed by atoms with Crippen molar-refractivity contribution < 1.29 is 4.79 Å². The van der Waals surface area contributed by atoms with Gasteiger partial charge in [0, 0.05) is 31.4 Å². The van der Waals surface area contributed by atoms with E-state index in [2.05, 4.69) is 22.5 Å². The Hall–Kier alpha value is -0.180. The lowest BCUT2D eigenvalue weighted by Crippen LogP contribution is -2.47. The molecule has 0 aromatic carbocycles. The van der Waals surface area contributed by atoms with Crippen LogP contribution in [0.15, 0.2) is 4.99 Å². The summed E-state index contributed by atoms with van der Waals surface area (Å²) in [5.41, 5.74) is 0. The summed E-state index contributed by atoms with van der Waals surface area (Å²) in [4.78, 5) is 17.8. The van der Waals surface area contributed by atoms with Gasteiger partial charge in [0.2, 0.25) is 5.91 Å². The van der Waals surface area contributed by atoms with Gasteiger partial charge in [-0.15, -0.1) is 24.0 Å². The SMILES string of the molecule is CN(C)C(=O)CN=C(NCC1(C)CCCS1)NC1CCCC1.I. The standard InChI is InChI=1S/C16H30N4OS.HI/c1-16(9-6-10-22-16)12-18-15(17-11-14(21)20(2)3)19-13-7-4-5-8-13;/h13H,4-12H2,1-3H3,(H2,17,18,19);1H. The van der Waals surface area contributed by atoms with Crippen molar-refractivity contribution in [2.75, 3.05) is 32.9 Å². The molecule has 134 valence electrons. The van der Waals surface area contributed by atoms with E-state index < -0.39 is 0 Å². The number of nitrogens with zero attached hydrogens (tertiary/aromatic N) is 2. The molecule has 1 amide bonds. The molecule has 1 heterocycles. The highest BCUT2D eigenvalue weighted by molar-refractivity contribution is 14.0. The van der Waals surface area contributed by atoms with E-state index in [0.717, 1.165) is 12.5 Å². The number of halogens is 1. The van der Waals surface area contributed by atoms with Crippen LogP contribution in [-0.2, 0) is 4.79 Å². The van der Waals surface area contributed by atoms with Gasteiger partial charge in [-0.3, -0.25) is 4.79 Å². The van der Waals surface area contributed by atoms with Crippen molar-refractivity contribution >= 4 is 47.6 Å². The van der Waals surface area contributed by atoms with Gasteiger partial charge in [0.25, 0.3) is 0 Å². The molecule has 1 saturated heterocycles. The molecule has 0 bridgehead atoms. The summed E-state index contributed by atoms with van der Waals surface area (Å²) in [6.45, 7) is 3.43. The molecule has 7 heteroatoms. The minimum Gasteiger partial charge on any atom is -0.355 e. The molecular formula is C16H31IN4OS. The smallest absolute Gasteiger partial charge is 0.243 e. The van der Waals surface area contributed by atoms with Gasteiger partial charge in [-0.2, -0.15) is 11.8 Å². The molecule has 1 aliphatic heterocycles. The molecule has 1 aliphatic carbocycles. The van der Waals surface area contributed by atoms with Crippen LogP contribution in [0.1, 0.15) is 45.4 Å². The molecule has 2 rings (SSSR count). The van der Waals surface area contributed by atoms with E-state index in [9.17, 15) is 4.79 Å². The number of nitrogens with one attached hydrogen (secondary N) is 2. The first-order chi connectivity index (χ1) is 10.5. The quantitative estimate of drug-likeness (QED) is 0.381. The normalized spacial score (nSPS) is 25.1. The highest BCUT2D eigenvalue weighted by atomic mass is 127. The van der Waals surface area contributed by atoms with Crippen molar-refractivity contribution in [1.82, 2.24) is 15.5 Å². The average Bonchev–Trinajstić information content (AvgIpc) is 3.13. The van der Waals surface area contributed by atoms with Gasteiger partial charge in [0.05, 0.1) is 0 Å². The molecule has 5 nitrogen and oxygen atoms in total. The van der Waals surface area contributed by atoms with Crippen molar-refractivity contribution in [3.05, 3.63) is 0 Å². The summed E-state index contributed by atoms with van der Waals surface area (Å²) in [5, 5.41) is 6.98. The van der Waals surface area contributed by atoms with E-state index in [4.69, 9.17) is 0 Å². The second-order valence-corrected chi connectivity index (χ2v) is 8.52.